The molecular formula is C16H25N5O6Si. The molecule has 11 nitrogen and oxygen atoms in total. The van der Waals surface area contributed by atoms with Crippen molar-refractivity contribution in [1.82, 2.24) is 19.5 Å². The Morgan fingerprint density at radius 3 is 2.68 bits per heavy atom. The predicted molar refractivity (Wildman–Crippen MR) is 101 cm³/mol. The van der Waals surface area contributed by atoms with Gasteiger partial charge in [0.15, 0.2) is 23.2 Å². The van der Waals surface area contributed by atoms with Crippen LogP contribution in [0.1, 0.15) is 6.23 Å². The van der Waals surface area contributed by atoms with Crippen molar-refractivity contribution in [3.8, 4) is 0 Å². The van der Waals surface area contributed by atoms with E-state index in [0.29, 0.717) is 12.3 Å². The van der Waals surface area contributed by atoms with Crippen molar-refractivity contribution in [3.63, 3.8) is 0 Å². The number of hydrogen-bond acceptors (Lipinski definition) is 9. The van der Waals surface area contributed by atoms with Crippen LogP contribution in [-0.4, -0.2) is 80.5 Å². The van der Waals surface area contributed by atoms with Crippen molar-refractivity contribution in [2.75, 3.05) is 18.5 Å². The first kappa shape index (κ1) is 20.6. The van der Waals surface area contributed by atoms with Crippen molar-refractivity contribution in [3.05, 3.63) is 12.7 Å². The molecule has 28 heavy (non-hydrogen) atoms. The van der Waals surface area contributed by atoms with Crippen LogP contribution in [0.3, 0.4) is 0 Å². The molecule has 0 bridgehead atoms. The molecular weight excluding hydrogens is 386 g/mol. The molecule has 1 saturated heterocycles. The van der Waals surface area contributed by atoms with Gasteiger partial charge in [0, 0.05) is 8.07 Å². The summed E-state index contributed by atoms with van der Waals surface area (Å²) in [7, 11) is -1.31. The maximum Gasteiger partial charge on any atom is 0.412 e. The third kappa shape index (κ3) is 4.30. The lowest BCUT2D eigenvalue weighted by Crippen LogP contribution is -2.33. The van der Waals surface area contributed by atoms with Gasteiger partial charge in [-0.25, -0.2) is 19.7 Å². The van der Waals surface area contributed by atoms with Crippen molar-refractivity contribution >= 4 is 31.1 Å². The zero-order valence-corrected chi connectivity index (χ0v) is 16.9. The van der Waals surface area contributed by atoms with Gasteiger partial charge in [0.1, 0.15) is 24.6 Å². The Kier molecular flexibility index (Phi) is 5.95. The van der Waals surface area contributed by atoms with Crippen LogP contribution in [0.4, 0.5) is 10.6 Å². The number of nitrogens with one attached hydrogen (secondary N) is 1. The predicted octanol–water partition coefficient (Wildman–Crippen LogP) is 0.324. The number of hydrogen-bond donors (Lipinski definition) is 4. The molecule has 0 aromatic carbocycles. The minimum atomic E-state index is -1.31. The molecule has 4 atom stereocenters. The molecule has 3 heterocycles. The Morgan fingerprint density at radius 1 is 1.29 bits per heavy atom. The van der Waals surface area contributed by atoms with Gasteiger partial charge < -0.3 is 24.8 Å². The molecule has 0 unspecified atom stereocenters. The molecule has 3 rings (SSSR count). The highest BCUT2D eigenvalue weighted by molar-refractivity contribution is 6.76. The average molecular weight is 411 g/mol. The number of rotatable bonds is 6. The highest BCUT2D eigenvalue weighted by Crippen LogP contribution is 2.32. The number of nitrogens with zero attached hydrogens (tertiary/aromatic N) is 4. The average Bonchev–Trinajstić information content (AvgIpc) is 3.16. The molecule has 1 aliphatic heterocycles. The summed E-state index contributed by atoms with van der Waals surface area (Å²) in [6, 6.07) is 0.847. The van der Waals surface area contributed by atoms with Gasteiger partial charge in [0.2, 0.25) is 0 Å². The first-order chi connectivity index (χ1) is 13.2. The Labute approximate surface area is 162 Å². The lowest BCUT2D eigenvalue weighted by Gasteiger charge is -2.16. The fourth-order valence-electron chi connectivity index (χ4n) is 2.82. The first-order valence-electron chi connectivity index (χ1n) is 8.95. The summed E-state index contributed by atoms with van der Waals surface area (Å²) in [6.45, 7) is 6.45. The van der Waals surface area contributed by atoms with E-state index in [1.165, 1.54) is 17.2 Å². The van der Waals surface area contributed by atoms with Gasteiger partial charge in [-0.15, -0.1) is 0 Å². The molecule has 1 fully saturated rings. The normalized spacial score (nSPS) is 25.2. The van der Waals surface area contributed by atoms with E-state index in [2.05, 4.69) is 39.9 Å². The van der Waals surface area contributed by atoms with Crippen LogP contribution in [0.5, 0.6) is 0 Å². The third-order valence-corrected chi connectivity index (χ3v) is 6.16. The van der Waals surface area contributed by atoms with Crippen LogP contribution in [0.25, 0.3) is 11.2 Å². The van der Waals surface area contributed by atoms with Gasteiger partial charge in [0.25, 0.3) is 0 Å². The van der Waals surface area contributed by atoms with Gasteiger partial charge in [-0.2, -0.15) is 0 Å². The maximum absolute atomic E-state index is 12.0. The number of aromatic nitrogens is 4. The van der Waals surface area contributed by atoms with E-state index in [1.54, 1.807) is 0 Å². The Balaban J connectivity index is 1.75. The van der Waals surface area contributed by atoms with Gasteiger partial charge in [-0.3, -0.25) is 9.88 Å². The lowest BCUT2D eigenvalue weighted by molar-refractivity contribution is -0.0511. The highest BCUT2D eigenvalue weighted by atomic mass is 28.3. The van der Waals surface area contributed by atoms with Crippen molar-refractivity contribution in [2.45, 2.75) is 50.2 Å². The van der Waals surface area contributed by atoms with E-state index in [-0.39, 0.29) is 11.3 Å². The monoisotopic (exact) mass is 411 g/mol. The van der Waals surface area contributed by atoms with Crippen LogP contribution in [0.15, 0.2) is 12.7 Å². The number of imidazole rings is 1. The van der Waals surface area contributed by atoms with E-state index in [1.807, 2.05) is 0 Å². The minimum absolute atomic E-state index is 0.161. The zero-order valence-electron chi connectivity index (χ0n) is 15.9. The molecule has 2 aromatic rings. The summed E-state index contributed by atoms with van der Waals surface area (Å²) in [5, 5.41) is 31.9. The number of fused-ring (bicyclic) bond motifs is 1. The Hall–Kier alpha value is -2.12. The SMILES string of the molecule is C[Si](C)(C)CCOC(=O)Nc1ncnc2c1ncn2[C@@H]1O[C@H](CO)[C@@H](O)[C@H]1O. The van der Waals surface area contributed by atoms with E-state index < -0.39 is 45.3 Å². The Morgan fingerprint density at radius 2 is 2.04 bits per heavy atom. The first-order valence-corrected chi connectivity index (χ1v) is 12.7. The van der Waals surface area contributed by atoms with Gasteiger partial charge in [-0.1, -0.05) is 19.6 Å². The van der Waals surface area contributed by atoms with Crippen LogP contribution >= 0.6 is 0 Å². The minimum Gasteiger partial charge on any atom is -0.450 e. The number of carbonyl (C=O) groups excluding carboxylic acids is 1. The molecule has 0 spiro atoms. The summed E-state index contributed by atoms with van der Waals surface area (Å²) >= 11 is 0. The van der Waals surface area contributed by atoms with E-state index in [0.717, 1.165) is 6.04 Å². The molecule has 0 aliphatic carbocycles. The summed E-state index contributed by atoms with van der Waals surface area (Å²) < 4.78 is 12.1. The summed E-state index contributed by atoms with van der Waals surface area (Å²) in [5.74, 6) is 0.161. The van der Waals surface area contributed by atoms with Crippen LogP contribution in [-0.2, 0) is 9.47 Å². The number of aliphatic hydroxyl groups is 3. The zero-order chi connectivity index (χ0) is 20.5. The molecule has 12 heteroatoms. The van der Waals surface area contributed by atoms with Gasteiger partial charge in [-0.05, 0) is 6.04 Å². The number of anilines is 1. The fourth-order valence-corrected chi connectivity index (χ4v) is 3.54. The number of ether oxygens (including phenoxy) is 2. The van der Waals surface area contributed by atoms with Crippen molar-refractivity contribution in [1.29, 1.82) is 0 Å². The van der Waals surface area contributed by atoms with Crippen molar-refractivity contribution in [2.24, 2.45) is 0 Å². The third-order valence-electron chi connectivity index (χ3n) is 4.46. The van der Waals surface area contributed by atoms with E-state index in [9.17, 15) is 20.1 Å². The molecule has 1 aliphatic rings. The summed E-state index contributed by atoms with van der Waals surface area (Å²) in [6.07, 6.45) is -2.45. The van der Waals surface area contributed by atoms with Crippen LogP contribution in [0, 0.1) is 0 Å². The lowest BCUT2D eigenvalue weighted by atomic mass is 10.1. The van der Waals surface area contributed by atoms with Gasteiger partial charge >= 0.3 is 6.09 Å². The molecule has 154 valence electrons. The number of aliphatic hydroxyl groups excluding tert-OH is 3. The molecule has 1 amide bonds. The second kappa shape index (κ2) is 8.09. The number of carbonyl (C=O) groups is 1. The topological polar surface area (TPSA) is 152 Å². The summed E-state index contributed by atoms with van der Waals surface area (Å²) in [4.78, 5) is 24.4. The Bertz CT molecular complexity index is 841. The largest absolute Gasteiger partial charge is 0.450 e. The van der Waals surface area contributed by atoms with Gasteiger partial charge in [0.05, 0.1) is 19.5 Å². The van der Waals surface area contributed by atoms with Crippen LogP contribution < -0.4 is 5.32 Å². The summed E-state index contributed by atoms with van der Waals surface area (Å²) in [5.41, 5.74) is 0.574. The molecule has 0 saturated carbocycles. The second-order valence-corrected chi connectivity index (χ2v) is 13.5. The van der Waals surface area contributed by atoms with Crippen molar-refractivity contribution < 1.29 is 29.6 Å². The molecule has 0 radical (unpaired) electrons. The molecule has 2 aromatic heterocycles. The quantitative estimate of drug-likeness (QED) is 0.492. The molecule has 4 N–H and O–H groups in total. The number of amides is 1. The van der Waals surface area contributed by atoms with Crippen LogP contribution in [0.2, 0.25) is 25.7 Å². The highest BCUT2D eigenvalue weighted by Gasteiger charge is 2.44. The smallest absolute Gasteiger partial charge is 0.412 e. The van der Waals surface area contributed by atoms with E-state index >= 15 is 0 Å². The van der Waals surface area contributed by atoms with E-state index in [4.69, 9.17) is 9.47 Å². The second-order valence-electron chi connectivity index (χ2n) is 7.85. The fraction of sp³-hybridized carbons (Fsp3) is 0.625. The standard InChI is InChI=1S/C16H25N5O6Si/c1-28(2,3)5-4-26-16(25)20-13-10-14(18-7-17-13)21(8-19-10)15-12(24)11(23)9(6-22)27-15/h7-9,11-12,15,22-24H,4-6H2,1-3H3,(H,17,18,20,25)/t9-,11-,12-,15-/m1/s1. The maximum atomic E-state index is 12.0.